The van der Waals surface area contributed by atoms with Crippen LogP contribution in [0.5, 0.6) is 0 Å². The number of halogens is 1. The predicted molar refractivity (Wildman–Crippen MR) is 69.7 cm³/mol. The number of aryl methyl sites for hydroxylation is 2. The summed E-state index contributed by atoms with van der Waals surface area (Å²) < 4.78 is 13.8. The molecule has 2 aromatic rings. The molecule has 0 radical (unpaired) electrons. The SMILES string of the molecule is Cc1cc(F)c2nc(C)c(C(C)C)c(N)c2c1. The first-order valence-electron chi connectivity index (χ1n) is 5.77. The smallest absolute Gasteiger partial charge is 0.149 e. The van der Waals surface area contributed by atoms with Gasteiger partial charge in [-0.15, -0.1) is 0 Å². The Hall–Kier alpha value is -1.64. The van der Waals surface area contributed by atoms with E-state index in [2.05, 4.69) is 18.8 Å². The van der Waals surface area contributed by atoms with E-state index in [4.69, 9.17) is 5.73 Å². The Kier molecular flexibility index (Phi) is 2.77. The molecule has 0 atom stereocenters. The number of aromatic nitrogens is 1. The van der Waals surface area contributed by atoms with Crippen LogP contribution in [0.3, 0.4) is 0 Å². The maximum Gasteiger partial charge on any atom is 0.149 e. The van der Waals surface area contributed by atoms with Gasteiger partial charge in [0.05, 0.1) is 0 Å². The van der Waals surface area contributed by atoms with Gasteiger partial charge >= 0.3 is 0 Å². The Morgan fingerprint density at radius 3 is 2.47 bits per heavy atom. The molecule has 1 aromatic heterocycles. The number of nitrogens with zero attached hydrogens (tertiary/aromatic N) is 1. The Bertz CT molecular complexity index is 589. The number of hydrogen-bond acceptors (Lipinski definition) is 2. The first-order valence-corrected chi connectivity index (χ1v) is 5.77. The maximum atomic E-state index is 13.8. The summed E-state index contributed by atoms with van der Waals surface area (Å²) in [7, 11) is 0. The molecule has 1 heterocycles. The number of nitrogens with two attached hydrogens (primary N) is 1. The van der Waals surface area contributed by atoms with Gasteiger partial charge < -0.3 is 5.73 Å². The monoisotopic (exact) mass is 232 g/mol. The van der Waals surface area contributed by atoms with Gasteiger partial charge in [0.1, 0.15) is 11.3 Å². The highest BCUT2D eigenvalue weighted by atomic mass is 19.1. The first kappa shape index (κ1) is 11.8. The van der Waals surface area contributed by atoms with Gasteiger partial charge in [-0.2, -0.15) is 0 Å². The molecule has 2 N–H and O–H groups in total. The minimum Gasteiger partial charge on any atom is -0.398 e. The minimum atomic E-state index is -0.301. The van der Waals surface area contributed by atoms with Crippen LogP contribution >= 0.6 is 0 Å². The quantitative estimate of drug-likeness (QED) is 0.814. The second-order valence-electron chi connectivity index (χ2n) is 4.82. The van der Waals surface area contributed by atoms with Crippen LogP contribution in [0, 0.1) is 19.7 Å². The molecule has 0 aliphatic carbocycles. The number of fused-ring (bicyclic) bond motifs is 1. The van der Waals surface area contributed by atoms with Crippen molar-refractivity contribution in [3.8, 4) is 0 Å². The van der Waals surface area contributed by atoms with Crippen LogP contribution in [0.25, 0.3) is 10.9 Å². The largest absolute Gasteiger partial charge is 0.398 e. The van der Waals surface area contributed by atoms with Crippen molar-refractivity contribution in [3.63, 3.8) is 0 Å². The second-order valence-corrected chi connectivity index (χ2v) is 4.82. The fraction of sp³-hybridized carbons (Fsp3) is 0.357. The lowest BCUT2D eigenvalue weighted by Crippen LogP contribution is -2.04. The van der Waals surface area contributed by atoms with Gasteiger partial charge in [0.2, 0.25) is 0 Å². The van der Waals surface area contributed by atoms with Gasteiger partial charge in [-0.3, -0.25) is 0 Å². The zero-order valence-electron chi connectivity index (χ0n) is 10.6. The summed E-state index contributed by atoms with van der Waals surface area (Å²) in [6.45, 7) is 7.87. The van der Waals surface area contributed by atoms with E-state index in [-0.39, 0.29) is 11.7 Å². The third-order valence-corrected chi connectivity index (χ3v) is 3.03. The zero-order chi connectivity index (χ0) is 12.7. The normalized spacial score (nSPS) is 11.4. The molecule has 2 nitrogen and oxygen atoms in total. The molecule has 90 valence electrons. The molecule has 0 aliphatic heterocycles. The van der Waals surface area contributed by atoms with Crippen LogP contribution in [0.15, 0.2) is 12.1 Å². The predicted octanol–water partition coefficient (Wildman–Crippen LogP) is 3.70. The average molecular weight is 232 g/mol. The zero-order valence-corrected chi connectivity index (χ0v) is 10.6. The van der Waals surface area contributed by atoms with Crippen molar-refractivity contribution in [1.29, 1.82) is 0 Å². The van der Waals surface area contributed by atoms with E-state index >= 15 is 0 Å². The Balaban J connectivity index is 2.92. The minimum absolute atomic E-state index is 0.287. The number of anilines is 1. The van der Waals surface area contributed by atoms with Crippen LogP contribution in [-0.2, 0) is 0 Å². The lowest BCUT2D eigenvalue weighted by molar-refractivity contribution is 0.635. The van der Waals surface area contributed by atoms with Crippen LogP contribution < -0.4 is 5.73 Å². The van der Waals surface area contributed by atoms with Gasteiger partial charge in [-0.1, -0.05) is 13.8 Å². The number of rotatable bonds is 1. The Labute approximate surface area is 101 Å². The topological polar surface area (TPSA) is 38.9 Å². The molecule has 0 amide bonds. The van der Waals surface area contributed by atoms with Crippen molar-refractivity contribution >= 4 is 16.6 Å². The average Bonchev–Trinajstić information content (AvgIpc) is 2.19. The first-order chi connectivity index (χ1) is 7.91. The van der Waals surface area contributed by atoms with Crippen LogP contribution in [-0.4, -0.2) is 4.98 Å². The van der Waals surface area contributed by atoms with E-state index in [1.165, 1.54) is 6.07 Å². The van der Waals surface area contributed by atoms with Gasteiger partial charge in [0.15, 0.2) is 0 Å². The van der Waals surface area contributed by atoms with Gasteiger partial charge in [0.25, 0.3) is 0 Å². The molecule has 0 saturated heterocycles. The van der Waals surface area contributed by atoms with Crippen LogP contribution in [0.4, 0.5) is 10.1 Å². The summed E-state index contributed by atoms with van der Waals surface area (Å²) in [6, 6.07) is 3.38. The van der Waals surface area contributed by atoms with Gasteiger partial charge in [0, 0.05) is 16.8 Å². The molecule has 2 rings (SSSR count). The molecule has 0 bridgehead atoms. The number of nitrogen functional groups attached to an aromatic ring is 1. The lowest BCUT2D eigenvalue weighted by atomic mass is 9.96. The Morgan fingerprint density at radius 2 is 1.88 bits per heavy atom. The van der Waals surface area contributed by atoms with E-state index in [0.717, 1.165) is 22.2 Å². The van der Waals surface area contributed by atoms with Crippen molar-refractivity contribution in [2.75, 3.05) is 5.73 Å². The number of hydrogen-bond donors (Lipinski definition) is 1. The highest BCUT2D eigenvalue weighted by molar-refractivity contribution is 5.93. The molecule has 0 unspecified atom stereocenters. The Morgan fingerprint density at radius 1 is 1.24 bits per heavy atom. The van der Waals surface area contributed by atoms with Crippen LogP contribution in [0.2, 0.25) is 0 Å². The van der Waals surface area contributed by atoms with E-state index in [0.29, 0.717) is 11.2 Å². The van der Waals surface area contributed by atoms with Crippen molar-refractivity contribution in [2.24, 2.45) is 0 Å². The summed E-state index contributed by atoms with van der Waals surface area (Å²) in [5.41, 5.74) is 9.87. The van der Waals surface area contributed by atoms with E-state index < -0.39 is 0 Å². The molecular weight excluding hydrogens is 215 g/mol. The van der Waals surface area contributed by atoms with Crippen molar-refractivity contribution in [3.05, 3.63) is 34.8 Å². The third-order valence-electron chi connectivity index (χ3n) is 3.03. The summed E-state index contributed by atoms with van der Waals surface area (Å²) in [5.74, 6) is -0.0134. The van der Waals surface area contributed by atoms with Gasteiger partial charge in [-0.25, -0.2) is 9.37 Å². The summed E-state index contributed by atoms with van der Waals surface area (Å²) in [6.07, 6.45) is 0. The molecule has 0 aliphatic rings. The maximum absolute atomic E-state index is 13.8. The summed E-state index contributed by atoms with van der Waals surface area (Å²) in [4.78, 5) is 4.34. The number of pyridine rings is 1. The van der Waals surface area contributed by atoms with Crippen molar-refractivity contribution in [2.45, 2.75) is 33.6 Å². The molecular formula is C14H17FN2. The number of benzene rings is 1. The van der Waals surface area contributed by atoms with E-state index in [9.17, 15) is 4.39 Å². The molecule has 3 heteroatoms. The highest BCUT2D eigenvalue weighted by Crippen LogP contribution is 2.32. The molecule has 0 spiro atoms. The van der Waals surface area contributed by atoms with Gasteiger partial charge in [-0.05, 0) is 43.0 Å². The van der Waals surface area contributed by atoms with E-state index in [1.54, 1.807) is 0 Å². The summed E-state index contributed by atoms with van der Waals surface area (Å²) in [5, 5.41) is 0.719. The van der Waals surface area contributed by atoms with E-state index in [1.807, 2.05) is 19.9 Å². The molecule has 17 heavy (non-hydrogen) atoms. The van der Waals surface area contributed by atoms with Crippen molar-refractivity contribution < 1.29 is 4.39 Å². The molecule has 1 aromatic carbocycles. The fourth-order valence-electron chi connectivity index (χ4n) is 2.35. The van der Waals surface area contributed by atoms with Crippen LogP contribution in [0.1, 0.15) is 36.6 Å². The lowest BCUT2D eigenvalue weighted by Gasteiger charge is -2.15. The standard InChI is InChI=1S/C14H17FN2/c1-7(2)12-9(4)17-14-10(13(12)16)5-8(3)6-11(14)15/h5-7H,1-4H3,(H2,16,17). The third kappa shape index (κ3) is 1.86. The van der Waals surface area contributed by atoms with Crippen molar-refractivity contribution in [1.82, 2.24) is 4.98 Å². The fourth-order valence-corrected chi connectivity index (χ4v) is 2.35. The molecule has 0 fully saturated rings. The summed E-state index contributed by atoms with van der Waals surface area (Å²) >= 11 is 0. The second kappa shape index (κ2) is 3.99. The molecule has 0 saturated carbocycles. The highest BCUT2D eigenvalue weighted by Gasteiger charge is 2.15.